The molecule has 0 aromatic rings. The summed E-state index contributed by atoms with van der Waals surface area (Å²) < 4.78 is 0. The third-order valence-electron chi connectivity index (χ3n) is 3.09. The quantitative estimate of drug-likeness (QED) is 0.261. The van der Waals surface area contributed by atoms with Crippen LogP contribution in [0, 0.1) is 0 Å². The van der Waals surface area contributed by atoms with Gasteiger partial charge in [0.25, 0.3) is 5.91 Å². The molecule has 8 heteroatoms. The first kappa shape index (κ1) is 20.9. The molecule has 1 amide bonds. The van der Waals surface area contributed by atoms with Gasteiger partial charge in [0.1, 0.15) is 6.29 Å². The largest absolute Gasteiger partial charge is 0.548 e. The minimum atomic E-state index is -1.39. The van der Waals surface area contributed by atoms with Crippen LogP contribution in [0.4, 0.5) is 0 Å². The molecule has 0 rings (SSSR count). The van der Waals surface area contributed by atoms with Crippen LogP contribution in [-0.2, 0) is 14.4 Å². The van der Waals surface area contributed by atoms with Crippen LogP contribution in [0.5, 0.6) is 0 Å². The van der Waals surface area contributed by atoms with Crippen LogP contribution in [0.3, 0.4) is 0 Å². The van der Waals surface area contributed by atoms with Crippen LogP contribution in [0.25, 0.3) is 0 Å². The van der Waals surface area contributed by atoms with Crippen molar-refractivity contribution >= 4 is 29.9 Å². The van der Waals surface area contributed by atoms with Gasteiger partial charge in [0.05, 0.1) is 24.4 Å². The van der Waals surface area contributed by atoms with Crippen molar-refractivity contribution < 1.29 is 30.3 Å². The summed E-state index contributed by atoms with van der Waals surface area (Å²) in [5, 5.41) is 22.2. The summed E-state index contributed by atoms with van der Waals surface area (Å²) in [7, 11) is 0. The Hall–Kier alpha value is -1.12. The van der Waals surface area contributed by atoms with E-state index in [4.69, 9.17) is 5.73 Å². The Morgan fingerprint density at radius 1 is 1.41 bits per heavy atom. The van der Waals surface area contributed by atoms with E-state index in [1.165, 1.54) is 11.8 Å². The number of aldehydes is 1. The molecule has 0 heterocycles. The first-order valence-electron chi connectivity index (χ1n) is 7.38. The highest BCUT2D eigenvalue weighted by molar-refractivity contribution is 8.00. The molecular weight excluding hydrogens is 308 g/mol. The van der Waals surface area contributed by atoms with Gasteiger partial charge in [-0.2, -0.15) is 5.73 Å². The Morgan fingerprint density at radius 3 is 2.64 bits per heavy atom. The van der Waals surface area contributed by atoms with Crippen LogP contribution in [0.1, 0.15) is 39.0 Å². The Labute approximate surface area is 135 Å². The van der Waals surface area contributed by atoms with E-state index < -0.39 is 30.6 Å². The van der Waals surface area contributed by atoms with Gasteiger partial charge in [-0.05, 0) is 6.42 Å². The molecule has 127 valence electrons. The number of carbonyl (C=O) groups excluding carboxylic acids is 3. The number of hydrogen-bond acceptors (Lipinski definition) is 7. The minimum absolute atomic E-state index is 0.186. The highest BCUT2D eigenvalue weighted by Gasteiger charge is 2.25. The number of carboxylic acids is 1. The molecule has 3 atom stereocenters. The van der Waals surface area contributed by atoms with E-state index in [0.29, 0.717) is 6.42 Å². The number of amides is 1. The molecule has 0 aromatic heterocycles. The van der Waals surface area contributed by atoms with Gasteiger partial charge in [-0.3, -0.25) is 4.79 Å². The number of rotatable bonds is 13. The van der Waals surface area contributed by atoms with Crippen molar-refractivity contribution in [1.82, 2.24) is 5.32 Å². The number of carbonyl (C=O) groups is 3. The fraction of sp³-hybridized carbons (Fsp3) is 0.786. The number of nitrogens with one attached hydrogen (secondary N) is 1. The predicted molar refractivity (Wildman–Crippen MR) is 80.8 cm³/mol. The molecule has 4 N–H and O–H groups in total. The maximum Gasteiger partial charge on any atom is 0.284 e. The maximum absolute atomic E-state index is 11.5. The Morgan fingerprint density at radius 2 is 2.09 bits per heavy atom. The zero-order valence-corrected chi connectivity index (χ0v) is 13.6. The molecule has 0 spiro atoms. The molecule has 22 heavy (non-hydrogen) atoms. The summed E-state index contributed by atoms with van der Waals surface area (Å²) in [5.74, 6) is -1.79. The SMILES string of the molecule is CCCCCC(O)C(CC=O)SCC([NH2+])C(=O)NCC(=O)[O-]. The van der Waals surface area contributed by atoms with Crippen LogP contribution >= 0.6 is 11.8 Å². The van der Waals surface area contributed by atoms with Crippen molar-refractivity contribution in [3.05, 3.63) is 0 Å². The van der Waals surface area contributed by atoms with Gasteiger partial charge in [-0.15, -0.1) is 11.8 Å². The van der Waals surface area contributed by atoms with E-state index in [9.17, 15) is 24.6 Å². The standard InChI is InChI=1S/C14H26N2O5S/c1-2-3-4-5-11(18)12(6-7-17)22-9-10(15)14(21)16-8-13(19)20/h7,10-12,18H,2-6,8-9,15H2,1H3,(H,16,21)(H,19,20)/q+1/p-1. The van der Waals surface area contributed by atoms with E-state index >= 15 is 0 Å². The summed E-state index contributed by atoms with van der Waals surface area (Å²) in [6.07, 6.45) is 3.84. The Kier molecular flexibility index (Phi) is 11.8. The van der Waals surface area contributed by atoms with Crippen LogP contribution in [0.2, 0.25) is 0 Å². The zero-order valence-electron chi connectivity index (χ0n) is 12.8. The van der Waals surface area contributed by atoms with Gasteiger partial charge in [0.15, 0.2) is 0 Å². The van der Waals surface area contributed by atoms with Crippen LogP contribution < -0.4 is 16.2 Å². The Bertz CT molecular complexity index is 354. The summed E-state index contributed by atoms with van der Waals surface area (Å²) in [6, 6.07) is -0.902. The molecule has 0 aliphatic heterocycles. The molecule has 0 aliphatic rings. The van der Waals surface area contributed by atoms with Crippen molar-refractivity contribution in [2.45, 2.75) is 56.4 Å². The zero-order chi connectivity index (χ0) is 17.0. The highest BCUT2D eigenvalue weighted by Crippen LogP contribution is 2.21. The molecule has 0 fully saturated rings. The van der Waals surface area contributed by atoms with E-state index in [1.54, 1.807) is 0 Å². The van der Waals surface area contributed by atoms with E-state index in [0.717, 1.165) is 25.5 Å². The van der Waals surface area contributed by atoms with Crippen molar-refractivity contribution in [3.63, 3.8) is 0 Å². The molecule has 0 saturated carbocycles. The second kappa shape index (κ2) is 12.4. The molecule has 3 unspecified atom stereocenters. The topological polar surface area (TPSA) is 132 Å². The number of thioether (sulfide) groups is 1. The van der Waals surface area contributed by atoms with Crippen molar-refractivity contribution in [2.75, 3.05) is 12.3 Å². The molecule has 0 saturated heterocycles. The lowest BCUT2D eigenvalue weighted by Gasteiger charge is -2.21. The van der Waals surface area contributed by atoms with Gasteiger partial charge in [-0.25, -0.2) is 0 Å². The summed E-state index contributed by atoms with van der Waals surface area (Å²) in [5.41, 5.74) is 5.65. The Balaban J connectivity index is 4.23. The lowest BCUT2D eigenvalue weighted by molar-refractivity contribution is -0.396. The summed E-state index contributed by atoms with van der Waals surface area (Å²) >= 11 is 1.25. The molecular formula is C14H25N2O5S. The van der Waals surface area contributed by atoms with E-state index in [2.05, 4.69) is 12.2 Å². The number of aliphatic hydroxyl groups excluding tert-OH is 1. The molecule has 7 nitrogen and oxygen atoms in total. The first-order valence-corrected chi connectivity index (χ1v) is 8.43. The number of carboxylic acid groups (broad SMARTS) is 1. The lowest BCUT2D eigenvalue weighted by Crippen LogP contribution is -2.69. The van der Waals surface area contributed by atoms with Gasteiger partial charge >= 0.3 is 0 Å². The van der Waals surface area contributed by atoms with E-state index in [-0.39, 0.29) is 17.4 Å². The van der Waals surface area contributed by atoms with Gasteiger partial charge in [0.2, 0.25) is 6.04 Å². The van der Waals surface area contributed by atoms with Crippen molar-refractivity contribution in [1.29, 1.82) is 0 Å². The van der Waals surface area contributed by atoms with Gasteiger partial charge < -0.3 is 25.1 Å². The fourth-order valence-corrected chi connectivity index (χ4v) is 2.99. The van der Waals surface area contributed by atoms with Gasteiger partial charge in [-0.1, -0.05) is 26.2 Å². The highest BCUT2D eigenvalue weighted by atomic mass is 32.2. The van der Waals surface area contributed by atoms with E-state index in [1.807, 2.05) is 0 Å². The number of hydrogen-bond donors (Lipinski definition) is 3. The molecule has 0 bridgehead atoms. The second-order valence-electron chi connectivity index (χ2n) is 5.03. The number of unbranched alkanes of at least 4 members (excludes halogenated alkanes) is 2. The molecule has 0 aromatic carbocycles. The average Bonchev–Trinajstić information content (AvgIpc) is 2.48. The summed E-state index contributed by atoms with van der Waals surface area (Å²) in [6.45, 7) is 1.48. The third kappa shape index (κ3) is 9.75. The number of aliphatic hydroxyl groups is 1. The van der Waals surface area contributed by atoms with Crippen LogP contribution in [0.15, 0.2) is 0 Å². The van der Waals surface area contributed by atoms with Crippen LogP contribution in [-0.4, -0.2) is 53.0 Å². The second-order valence-corrected chi connectivity index (χ2v) is 6.31. The lowest BCUT2D eigenvalue weighted by atomic mass is 10.1. The van der Waals surface area contributed by atoms with Crippen molar-refractivity contribution in [3.8, 4) is 0 Å². The minimum Gasteiger partial charge on any atom is -0.548 e. The normalized spacial score (nSPS) is 14.9. The maximum atomic E-state index is 11.5. The monoisotopic (exact) mass is 333 g/mol. The predicted octanol–water partition coefficient (Wildman–Crippen LogP) is -2.12. The fourth-order valence-electron chi connectivity index (χ4n) is 1.81. The number of nitrogens with two attached hydrogens (primary N) is 1. The average molecular weight is 333 g/mol. The molecule has 0 aliphatic carbocycles. The summed E-state index contributed by atoms with van der Waals surface area (Å²) in [4.78, 5) is 32.5. The first-order chi connectivity index (χ1) is 10.4. The van der Waals surface area contributed by atoms with Crippen molar-refractivity contribution in [2.24, 2.45) is 0 Å². The number of aliphatic carboxylic acids is 1. The molecule has 1 radical (unpaired) electrons. The smallest absolute Gasteiger partial charge is 0.284 e. The van der Waals surface area contributed by atoms with Gasteiger partial charge in [0, 0.05) is 11.7 Å². The third-order valence-corrected chi connectivity index (χ3v) is 4.58.